The summed E-state index contributed by atoms with van der Waals surface area (Å²) < 4.78 is 0. The van der Waals surface area contributed by atoms with Crippen molar-refractivity contribution in [3.8, 4) is 12.1 Å². The van der Waals surface area contributed by atoms with Gasteiger partial charge in [-0.15, -0.1) is 0 Å². The molecule has 6 nitrogen and oxygen atoms in total. The molecule has 0 aliphatic carbocycles. The number of anilines is 12. The van der Waals surface area contributed by atoms with Crippen LogP contribution in [0.4, 0.5) is 68.2 Å². The summed E-state index contributed by atoms with van der Waals surface area (Å²) in [4.78, 5) is 8.54. The van der Waals surface area contributed by atoms with Crippen LogP contribution >= 0.6 is 0 Å². The van der Waals surface area contributed by atoms with Gasteiger partial charge < -0.3 is 19.6 Å². The highest BCUT2D eigenvalue weighted by atomic mass is 15.3. The molecule has 0 aliphatic rings. The average molecular weight is 797 g/mol. The van der Waals surface area contributed by atoms with E-state index in [0.717, 1.165) is 45.5 Å². The molecular formula is C56H40N6. The number of rotatable bonds is 12. The lowest BCUT2D eigenvalue weighted by Gasteiger charge is -2.40. The molecule has 0 N–H and O–H groups in total. The molecule has 0 amide bonds. The molecule has 6 heteroatoms. The lowest BCUT2D eigenvalue weighted by molar-refractivity contribution is 1.16. The van der Waals surface area contributed by atoms with Gasteiger partial charge in [0, 0.05) is 45.5 Å². The van der Waals surface area contributed by atoms with Crippen molar-refractivity contribution in [1.29, 1.82) is 10.5 Å². The summed E-state index contributed by atoms with van der Waals surface area (Å²) in [7, 11) is 0. The van der Waals surface area contributed by atoms with E-state index in [4.69, 9.17) is 0 Å². The van der Waals surface area contributed by atoms with E-state index in [1.165, 1.54) is 0 Å². The van der Waals surface area contributed by atoms with E-state index in [2.05, 4.69) is 99.6 Å². The van der Waals surface area contributed by atoms with Gasteiger partial charge in [-0.05, 0) is 97.1 Å². The van der Waals surface area contributed by atoms with Crippen LogP contribution in [0.1, 0.15) is 11.1 Å². The maximum atomic E-state index is 12.1. The minimum atomic E-state index is 0.304. The predicted octanol–water partition coefficient (Wildman–Crippen LogP) is 15.3. The quantitative estimate of drug-likeness (QED) is 0.123. The van der Waals surface area contributed by atoms with E-state index in [9.17, 15) is 10.5 Å². The highest BCUT2D eigenvalue weighted by Gasteiger charge is 2.38. The summed E-state index contributed by atoms with van der Waals surface area (Å²) in [6, 6.07) is 86.2. The monoisotopic (exact) mass is 796 g/mol. The van der Waals surface area contributed by atoms with Crippen molar-refractivity contribution in [3.05, 3.63) is 254 Å². The minimum absolute atomic E-state index is 0.304. The first-order valence-electron chi connectivity index (χ1n) is 20.4. The molecule has 0 saturated carbocycles. The van der Waals surface area contributed by atoms with Gasteiger partial charge in [-0.2, -0.15) is 10.5 Å². The van der Waals surface area contributed by atoms with E-state index in [1.54, 1.807) is 0 Å². The lowest BCUT2D eigenvalue weighted by atomic mass is 9.94. The van der Waals surface area contributed by atoms with Crippen LogP contribution in [0.5, 0.6) is 0 Å². The number of nitriles is 2. The first-order valence-corrected chi connectivity index (χ1v) is 20.4. The fourth-order valence-corrected chi connectivity index (χ4v) is 8.03. The molecule has 9 aromatic rings. The minimum Gasteiger partial charge on any atom is -0.308 e. The van der Waals surface area contributed by atoms with Crippen LogP contribution in [-0.2, 0) is 0 Å². The Kier molecular flexibility index (Phi) is 11.2. The molecular weight excluding hydrogens is 757 g/mol. The molecule has 0 saturated heterocycles. The van der Waals surface area contributed by atoms with Gasteiger partial charge in [0.25, 0.3) is 0 Å². The molecule has 0 aromatic heterocycles. The van der Waals surface area contributed by atoms with E-state index >= 15 is 0 Å². The number of nitrogens with zero attached hydrogens (tertiary/aromatic N) is 6. The van der Waals surface area contributed by atoms with E-state index in [1.807, 2.05) is 175 Å². The van der Waals surface area contributed by atoms with E-state index in [-0.39, 0.29) is 0 Å². The molecule has 0 atom stereocenters. The van der Waals surface area contributed by atoms with Crippen LogP contribution in [0.3, 0.4) is 0 Å². The molecule has 0 radical (unpaired) electrons. The van der Waals surface area contributed by atoms with Crippen molar-refractivity contribution < 1.29 is 0 Å². The van der Waals surface area contributed by atoms with Gasteiger partial charge in [0.15, 0.2) is 0 Å². The van der Waals surface area contributed by atoms with Gasteiger partial charge in [0.05, 0.1) is 22.7 Å². The topological polar surface area (TPSA) is 60.5 Å². The maximum absolute atomic E-state index is 12.1. The number of benzene rings is 9. The molecule has 0 heterocycles. The van der Waals surface area contributed by atoms with Crippen molar-refractivity contribution in [3.63, 3.8) is 0 Å². The van der Waals surface area contributed by atoms with Gasteiger partial charge >= 0.3 is 0 Å². The number of hydrogen-bond acceptors (Lipinski definition) is 6. The molecule has 0 bridgehead atoms. The zero-order chi connectivity index (χ0) is 42.1. The van der Waals surface area contributed by atoms with Crippen LogP contribution in [0.2, 0.25) is 0 Å². The van der Waals surface area contributed by atoms with Crippen molar-refractivity contribution in [2.24, 2.45) is 0 Å². The smallest absolute Gasteiger partial charge is 0.104 e. The molecule has 9 aromatic carbocycles. The van der Waals surface area contributed by atoms with Crippen LogP contribution in [0.25, 0.3) is 0 Å². The summed E-state index contributed by atoms with van der Waals surface area (Å²) in [5.74, 6) is 0. The van der Waals surface area contributed by atoms with Crippen LogP contribution in [-0.4, -0.2) is 0 Å². The van der Waals surface area contributed by atoms with Gasteiger partial charge in [0.1, 0.15) is 23.3 Å². The van der Waals surface area contributed by atoms with Crippen LogP contribution < -0.4 is 19.6 Å². The molecule has 62 heavy (non-hydrogen) atoms. The SMILES string of the molecule is N#Cc1c(N(c2ccccc2)c2ccccc2)c(C#N)c(N(c2ccccc2)c2ccccc2)c(N(c2ccccc2)c2ccccc2)c1N(c1ccccc1)c1ccccc1. The van der Waals surface area contributed by atoms with Crippen molar-refractivity contribution in [2.45, 2.75) is 0 Å². The Morgan fingerprint density at radius 3 is 0.548 bits per heavy atom. The Balaban J connectivity index is 1.59. The van der Waals surface area contributed by atoms with Crippen molar-refractivity contribution in [2.75, 3.05) is 19.6 Å². The molecule has 294 valence electrons. The first kappa shape index (κ1) is 38.7. The third kappa shape index (κ3) is 7.48. The second kappa shape index (κ2) is 18.0. The van der Waals surface area contributed by atoms with E-state index < -0.39 is 0 Å². The zero-order valence-electron chi connectivity index (χ0n) is 33.8. The molecule has 0 spiro atoms. The molecule has 0 aliphatic heterocycles. The van der Waals surface area contributed by atoms with Gasteiger partial charge in [-0.25, -0.2) is 0 Å². The average Bonchev–Trinajstić information content (AvgIpc) is 3.35. The van der Waals surface area contributed by atoms with Gasteiger partial charge in [-0.3, -0.25) is 0 Å². The second-order valence-corrected chi connectivity index (χ2v) is 14.4. The molecule has 0 unspecified atom stereocenters. The summed E-state index contributed by atoms with van der Waals surface area (Å²) in [5.41, 5.74) is 9.41. The second-order valence-electron chi connectivity index (χ2n) is 14.4. The lowest BCUT2D eigenvalue weighted by Crippen LogP contribution is -2.25. The summed E-state index contributed by atoms with van der Waals surface area (Å²) >= 11 is 0. The normalized spacial score (nSPS) is 10.5. The van der Waals surface area contributed by atoms with Gasteiger partial charge in [0.2, 0.25) is 0 Å². The Hall–Kier alpha value is -8.84. The zero-order valence-corrected chi connectivity index (χ0v) is 33.8. The summed E-state index contributed by atoms with van der Waals surface area (Å²) in [5, 5.41) is 24.1. The Morgan fingerprint density at radius 2 is 0.371 bits per heavy atom. The Labute approximate surface area is 362 Å². The van der Waals surface area contributed by atoms with Crippen LogP contribution in [0, 0.1) is 22.7 Å². The van der Waals surface area contributed by atoms with E-state index in [0.29, 0.717) is 33.9 Å². The van der Waals surface area contributed by atoms with Crippen molar-refractivity contribution >= 4 is 68.2 Å². The first-order chi connectivity index (χ1) is 30.8. The predicted molar refractivity (Wildman–Crippen MR) is 255 cm³/mol. The van der Waals surface area contributed by atoms with Crippen molar-refractivity contribution in [1.82, 2.24) is 0 Å². The van der Waals surface area contributed by atoms with Crippen LogP contribution in [0.15, 0.2) is 243 Å². The third-order valence-electron chi connectivity index (χ3n) is 10.6. The number of para-hydroxylation sites is 8. The Morgan fingerprint density at radius 1 is 0.210 bits per heavy atom. The standard InChI is InChI=1S/C56H40N6/c57-41-51-53(59(43-25-9-1-10-26-43)44-27-11-2-12-28-44)52(42-58)55(61(47-33-17-5-18-34-47)48-35-19-6-20-36-48)56(62(49-37-21-7-22-38-49)50-39-23-8-24-40-50)54(51)60(45-29-13-3-14-30-45)46-31-15-4-16-32-46/h1-40H. The summed E-state index contributed by atoms with van der Waals surface area (Å²) in [6.45, 7) is 0. The highest BCUT2D eigenvalue weighted by Crippen LogP contribution is 2.59. The number of hydrogen-bond donors (Lipinski definition) is 0. The summed E-state index contributed by atoms with van der Waals surface area (Å²) in [6.07, 6.45) is 0. The fourth-order valence-electron chi connectivity index (χ4n) is 8.03. The Bertz CT molecular complexity index is 2680. The maximum Gasteiger partial charge on any atom is 0.104 e. The highest BCUT2D eigenvalue weighted by molar-refractivity contribution is 6.09. The third-order valence-corrected chi connectivity index (χ3v) is 10.6. The largest absolute Gasteiger partial charge is 0.308 e. The fraction of sp³-hybridized carbons (Fsp3) is 0. The van der Waals surface area contributed by atoms with Gasteiger partial charge in [-0.1, -0.05) is 146 Å². The molecule has 9 rings (SSSR count). The molecule has 0 fully saturated rings.